The fourth-order valence-corrected chi connectivity index (χ4v) is 3.37. The monoisotopic (exact) mass is 312 g/mol. The van der Waals surface area contributed by atoms with Crippen LogP contribution in [0.2, 0.25) is 0 Å². The summed E-state index contributed by atoms with van der Waals surface area (Å²) < 4.78 is 6.18. The van der Waals surface area contributed by atoms with Gasteiger partial charge in [-0.3, -0.25) is 10.1 Å². The number of rotatable bonds is 3. The normalized spacial score (nSPS) is 10.7. The van der Waals surface area contributed by atoms with E-state index >= 15 is 0 Å². The number of amides is 1. The van der Waals surface area contributed by atoms with E-state index in [1.165, 1.54) is 16.9 Å². The predicted octanol–water partition coefficient (Wildman–Crippen LogP) is 4.17. The van der Waals surface area contributed by atoms with E-state index in [-0.39, 0.29) is 5.91 Å². The second-order valence-corrected chi connectivity index (χ2v) is 6.16. The number of anilines is 1. The Morgan fingerprint density at radius 2 is 1.91 bits per heavy atom. The van der Waals surface area contributed by atoms with Crippen molar-refractivity contribution in [1.82, 2.24) is 4.98 Å². The van der Waals surface area contributed by atoms with Crippen molar-refractivity contribution in [2.75, 3.05) is 12.4 Å². The molecule has 1 aromatic heterocycles. The minimum Gasteiger partial charge on any atom is -0.497 e. The molecule has 0 radical (unpaired) electrons. The summed E-state index contributed by atoms with van der Waals surface area (Å²) in [6, 6.07) is 11.2. The molecule has 0 aliphatic heterocycles. The van der Waals surface area contributed by atoms with Crippen LogP contribution in [-0.4, -0.2) is 18.0 Å². The highest BCUT2D eigenvalue weighted by molar-refractivity contribution is 7.22. The van der Waals surface area contributed by atoms with Crippen molar-refractivity contribution in [1.29, 1.82) is 0 Å². The maximum Gasteiger partial charge on any atom is 0.257 e. The third-order valence-corrected chi connectivity index (χ3v) is 4.32. The fraction of sp³-hybridized carbons (Fsp3) is 0.176. The Morgan fingerprint density at radius 3 is 2.59 bits per heavy atom. The lowest BCUT2D eigenvalue weighted by atomic mass is 10.1. The second-order valence-electron chi connectivity index (χ2n) is 5.13. The molecule has 0 saturated heterocycles. The average molecular weight is 312 g/mol. The first-order chi connectivity index (χ1) is 10.6. The van der Waals surface area contributed by atoms with Gasteiger partial charge in [0.2, 0.25) is 0 Å². The Morgan fingerprint density at radius 1 is 1.18 bits per heavy atom. The molecule has 5 heteroatoms. The van der Waals surface area contributed by atoms with Crippen LogP contribution in [0.15, 0.2) is 36.4 Å². The molecular weight excluding hydrogens is 296 g/mol. The van der Waals surface area contributed by atoms with Gasteiger partial charge in [0.25, 0.3) is 5.91 Å². The molecule has 0 aliphatic rings. The van der Waals surface area contributed by atoms with Crippen molar-refractivity contribution >= 4 is 32.6 Å². The van der Waals surface area contributed by atoms with Gasteiger partial charge in [-0.2, -0.15) is 0 Å². The molecule has 0 atom stereocenters. The van der Waals surface area contributed by atoms with Crippen LogP contribution in [0.4, 0.5) is 5.13 Å². The van der Waals surface area contributed by atoms with E-state index in [1.54, 1.807) is 31.4 Å². The van der Waals surface area contributed by atoms with Crippen LogP contribution < -0.4 is 10.1 Å². The van der Waals surface area contributed by atoms with E-state index in [1.807, 2.05) is 6.92 Å². The van der Waals surface area contributed by atoms with E-state index in [2.05, 4.69) is 29.4 Å². The summed E-state index contributed by atoms with van der Waals surface area (Å²) in [6.07, 6.45) is 0. The quantitative estimate of drug-likeness (QED) is 0.789. The summed E-state index contributed by atoms with van der Waals surface area (Å²) in [4.78, 5) is 16.8. The molecule has 22 heavy (non-hydrogen) atoms. The Labute approximate surface area is 132 Å². The predicted molar refractivity (Wildman–Crippen MR) is 90.0 cm³/mol. The number of nitrogens with zero attached hydrogens (tertiary/aromatic N) is 1. The number of aryl methyl sites for hydroxylation is 2. The van der Waals surface area contributed by atoms with Gasteiger partial charge in [-0.05, 0) is 55.3 Å². The van der Waals surface area contributed by atoms with E-state index in [0.717, 1.165) is 21.5 Å². The lowest BCUT2D eigenvalue weighted by molar-refractivity contribution is 0.102. The summed E-state index contributed by atoms with van der Waals surface area (Å²) in [6.45, 7) is 4.09. The zero-order valence-corrected chi connectivity index (χ0v) is 13.5. The van der Waals surface area contributed by atoms with Gasteiger partial charge in [-0.25, -0.2) is 4.98 Å². The molecule has 3 rings (SSSR count). The van der Waals surface area contributed by atoms with Gasteiger partial charge in [0.1, 0.15) is 5.75 Å². The molecular formula is C17H16N2O2S. The van der Waals surface area contributed by atoms with Gasteiger partial charge in [-0.15, -0.1) is 0 Å². The maximum absolute atomic E-state index is 12.3. The minimum atomic E-state index is -0.170. The van der Waals surface area contributed by atoms with Crippen molar-refractivity contribution in [3.63, 3.8) is 0 Å². The van der Waals surface area contributed by atoms with E-state index in [4.69, 9.17) is 4.74 Å². The van der Waals surface area contributed by atoms with Crippen molar-refractivity contribution in [3.05, 3.63) is 53.1 Å². The van der Waals surface area contributed by atoms with Gasteiger partial charge in [0.15, 0.2) is 5.13 Å². The van der Waals surface area contributed by atoms with Crippen LogP contribution in [0, 0.1) is 13.8 Å². The third kappa shape index (κ3) is 2.80. The van der Waals surface area contributed by atoms with Crippen molar-refractivity contribution in [2.45, 2.75) is 13.8 Å². The van der Waals surface area contributed by atoms with E-state index in [0.29, 0.717) is 10.7 Å². The molecule has 2 aromatic carbocycles. The van der Waals surface area contributed by atoms with Crippen molar-refractivity contribution in [3.8, 4) is 5.75 Å². The number of ether oxygens (including phenoxy) is 1. The lowest BCUT2D eigenvalue weighted by Crippen LogP contribution is -2.11. The lowest BCUT2D eigenvalue weighted by Gasteiger charge is -2.03. The third-order valence-electron chi connectivity index (χ3n) is 3.40. The average Bonchev–Trinajstić information content (AvgIpc) is 2.90. The topological polar surface area (TPSA) is 51.2 Å². The van der Waals surface area contributed by atoms with Crippen LogP contribution >= 0.6 is 11.3 Å². The Balaban J connectivity index is 1.85. The van der Waals surface area contributed by atoms with Crippen LogP contribution in [0.1, 0.15) is 21.5 Å². The zero-order valence-electron chi connectivity index (χ0n) is 12.6. The van der Waals surface area contributed by atoms with Gasteiger partial charge in [0.05, 0.1) is 17.3 Å². The van der Waals surface area contributed by atoms with Crippen molar-refractivity contribution < 1.29 is 9.53 Å². The molecule has 1 heterocycles. The molecule has 0 unspecified atom stereocenters. The maximum atomic E-state index is 12.3. The van der Waals surface area contributed by atoms with Gasteiger partial charge in [-0.1, -0.05) is 17.4 Å². The molecule has 3 aromatic rings. The SMILES string of the molecule is COc1ccc(C(=O)Nc2nc3c(C)cc(C)cc3s2)cc1. The summed E-state index contributed by atoms with van der Waals surface area (Å²) in [7, 11) is 1.60. The minimum absolute atomic E-state index is 0.170. The highest BCUT2D eigenvalue weighted by atomic mass is 32.1. The zero-order chi connectivity index (χ0) is 15.7. The van der Waals surface area contributed by atoms with Crippen LogP contribution in [0.25, 0.3) is 10.2 Å². The number of benzene rings is 2. The van der Waals surface area contributed by atoms with Gasteiger partial charge >= 0.3 is 0 Å². The number of fused-ring (bicyclic) bond motifs is 1. The van der Waals surface area contributed by atoms with Gasteiger partial charge in [0, 0.05) is 5.56 Å². The molecule has 1 amide bonds. The standard InChI is InChI=1S/C17H16N2O2S/c1-10-8-11(2)15-14(9-10)22-17(18-15)19-16(20)12-4-6-13(21-3)7-5-12/h4-9H,1-3H3,(H,18,19,20). The molecule has 0 bridgehead atoms. The first-order valence-electron chi connectivity index (χ1n) is 6.90. The number of thiazole rings is 1. The second kappa shape index (κ2) is 5.77. The summed E-state index contributed by atoms with van der Waals surface area (Å²) >= 11 is 1.49. The number of hydrogen-bond acceptors (Lipinski definition) is 4. The number of hydrogen-bond donors (Lipinski definition) is 1. The Bertz CT molecular complexity index is 838. The number of nitrogens with one attached hydrogen (secondary N) is 1. The van der Waals surface area contributed by atoms with Crippen LogP contribution in [0.5, 0.6) is 5.75 Å². The van der Waals surface area contributed by atoms with E-state index in [9.17, 15) is 4.79 Å². The van der Waals surface area contributed by atoms with Gasteiger partial charge < -0.3 is 4.74 Å². The Kier molecular flexibility index (Phi) is 3.81. The molecule has 112 valence electrons. The molecule has 0 saturated carbocycles. The molecule has 1 N–H and O–H groups in total. The summed E-state index contributed by atoms with van der Waals surface area (Å²) in [5, 5.41) is 3.47. The highest BCUT2D eigenvalue weighted by Crippen LogP contribution is 2.29. The highest BCUT2D eigenvalue weighted by Gasteiger charge is 2.11. The van der Waals surface area contributed by atoms with Crippen molar-refractivity contribution in [2.24, 2.45) is 0 Å². The number of methoxy groups -OCH3 is 1. The first kappa shape index (κ1) is 14.5. The molecule has 0 spiro atoms. The summed E-state index contributed by atoms with van der Waals surface area (Å²) in [5.74, 6) is 0.554. The fourth-order valence-electron chi connectivity index (χ4n) is 2.34. The number of carbonyl (C=O) groups excluding carboxylic acids is 1. The van der Waals surface area contributed by atoms with Crippen LogP contribution in [0.3, 0.4) is 0 Å². The van der Waals surface area contributed by atoms with E-state index < -0.39 is 0 Å². The largest absolute Gasteiger partial charge is 0.497 e. The smallest absolute Gasteiger partial charge is 0.257 e. The molecule has 4 nitrogen and oxygen atoms in total. The molecule has 0 aliphatic carbocycles. The number of aromatic nitrogens is 1. The summed E-state index contributed by atoms with van der Waals surface area (Å²) in [5.41, 5.74) is 3.84. The number of carbonyl (C=O) groups is 1. The first-order valence-corrected chi connectivity index (χ1v) is 7.71. The Hall–Kier alpha value is -2.40. The van der Waals surface area contributed by atoms with Crippen LogP contribution in [-0.2, 0) is 0 Å². The molecule has 0 fully saturated rings.